The Morgan fingerprint density at radius 2 is 0.846 bits per heavy atom. The van der Waals surface area contributed by atoms with Crippen LogP contribution in [0.4, 0.5) is 11.4 Å². The van der Waals surface area contributed by atoms with Gasteiger partial charge in [0, 0.05) is 0 Å². The summed E-state index contributed by atoms with van der Waals surface area (Å²) in [6.45, 7) is 3.55. The third-order valence-corrected chi connectivity index (χ3v) is 8.80. The topological polar surface area (TPSA) is 109 Å². The molecule has 6 rings (SSSR count). The molecule has 192 valence electrons. The van der Waals surface area contributed by atoms with Crippen molar-refractivity contribution in [2.45, 2.75) is 23.6 Å². The summed E-state index contributed by atoms with van der Waals surface area (Å²) in [5.74, 6) is -2.31. The number of imide groups is 2. The maximum Gasteiger partial charge on any atom is 0.266 e. The van der Waals surface area contributed by atoms with Gasteiger partial charge in [0.05, 0.1) is 43.4 Å². The molecular formula is C30H20N2O6S. The van der Waals surface area contributed by atoms with Gasteiger partial charge in [-0.25, -0.2) is 18.2 Å². The standard InChI is InChI=1S/C30H20N2O6S/c1-17-7-3-5-9-25(17)31-27(33)21-13-11-19(15-23(21)29(31)35)39(37,38)20-12-14-22-24(16-20)30(36)32(28(22)34)26-10-6-4-8-18(26)2/h3-16H,1-2H3. The number of benzene rings is 4. The Morgan fingerprint density at radius 3 is 1.23 bits per heavy atom. The Hall–Kier alpha value is -4.89. The van der Waals surface area contributed by atoms with Crippen molar-refractivity contribution in [3.8, 4) is 0 Å². The van der Waals surface area contributed by atoms with Crippen LogP contribution in [0, 0.1) is 13.8 Å². The molecule has 4 amide bonds. The van der Waals surface area contributed by atoms with Gasteiger partial charge in [0.1, 0.15) is 0 Å². The number of hydrogen-bond donors (Lipinski definition) is 0. The molecule has 0 aromatic heterocycles. The van der Waals surface area contributed by atoms with E-state index in [1.165, 1.54) is 36.4 Å². The summed E-state index contributed by atoms with van der Waals surface area (Å²) >= 11 is 0. The molecular weight excluding hydrogens is 516 g/mol. The lowest BCUT2D eigenvalue weighted by atomic mass is 10.1. The molecule has 0 N–H and O–H groups in total. The lowest BCUT2D eigenvalue weighted by Crippen LogP contribution is -2.29. The minimum atomic E-state index is -4.21. The maximum absolute atomic E-state index is 13.6. The number of amides is 4. The van der Waals surface area contributed by atoms with Crippen LogP contribution in [-0.2, 0) is 9.84 Å². The molecule has 0 radical (unpaired) electrons. The number of anilines is 2. The average molecular weight is 537 g/mol. The van der Waals surface area contributed by atoms with Crippen molar-refractivity contribution in [3.05, 3.63) is 118 Å². The van der Waals surface area contributed by atoms with Gasteiger partial charge < -0.3 is 0 Å². The second-order valence-corrected chi connectivity index (χ2v) is 11.3. The van der Waals surface area contributed by atoms with Crippen molar-refractivity contribution >= 4 is 44.8 Å². The van der Waals surface area contributed by atoms with Gasteiger partial charge in [-0.15, -0.1) is 0 Å². The molecule has 0 fully saturated rings. The van der Waals surface area contributed by atoms with Gasteiger partial charge in [0.2, 0.25) is 9.84 Å². The molecule has 4 aromatic rings. The van der Waals surface area contributed by atoms with E-state index < -0.39 is 33.5 Å². The van der Waals surface area contributed by atoms with Crippen LogP contribution >= 0.6 is 0 Å². The predicted molar refractivity (Wildman–Crippen MR) is 143 cm³/mol. The molecule has 2 aliphatic heterocycles. The average Bonchev–Trinajstić information content (AvgIpc) is 3.33. The Bertz CT molecular complexity index is 1760. The number of sulfone groups is 1. The Morgan fingerprint density at radius 1 is 0.487 bits per heavy atom. The van der Waals surface area contributed by atoms with Gasteiger partial charge in [-0.1, -0.05) is 36.4 Å². The normalized spacial score (nSPS) is 14.7. The van der Waals surface area contributed by atoms with Crippen molar-refractivity contribution in [2.24, 2.45) is 0 Å². The van der Waals surface area contributed by atoms with Crippen LogP contribution in [-0.4, -0.2) is 32.0 Å². The van der Waals surface area contributed by atoms with E-state index in [-0.39, 0.29) is 32.0 Å². The zero-order chi connectivity index (χ0) is 27.6. The Labute approximate surface area is 224 Å². The summed E-state index contributed by atoms with van der Waals surface area (Å²) in [7, 11) is -4.21. The number of rotatable bonds is 4. The van der Waals surface area contributed by atoms with E-state index in [1.807, 2.05) is 0 Å². The quantitative estimate of drug-likeness (QED) is 0.349. The Kier molecular flexibility index (Phi) is 5.37. The number of carbonyl (C=O) groups is 4. The summed E-state index contributed by atoms with van der Waals surface area (Å²) in [6.07, 6.45) is 0. The number of carbonyl (C=O) groups excluding carboxylic acids is 4. The lowest BCUT2D eigenvalue weighted by molar-refractivity contribution is 0.0910. The van der Waals surface area contributed by atoms with Crippen molar-refractivity contribution < 1.29 is 27.6 Å². The molecule has 39 heavy (non-hydrogen) atoms. The van der Waals surface area contributed by atoms with Gasteiger partial charge in [-0.2, -0.15) is 0 Å². The molecule has 0 bridgehead atoms. The molecule has 0 saturated carbocycles. The van der Waals surface area contributed by atoms with E-state index in [4.69, 9.17) is 0 Å². The Balaban J connectivity index is 1.38. The lowest BCUT2D eigenvalue weighted by Gasteiger charge is -2.16. The molecule has 2 aliphatic rings. The number of para-hydroxylation sites is 2. The van der Waals surface area contributed by atoms with E-state index in [0.29, 0.717) is 11.4 Å². The first-order chi connectivity index (χ1) is 18.6. The fraction of sp³-hybridized carbons (Fsp3) is 0.0667. The molecule has 0 saturated heterocycles. The smallest absolute Gasteiger partial charge is 0.266 e. The van der Waals surface area contributed by atoms with Gasteiger partial charge >= 0.3 is 0 Å². The van der Waals surface area contributed by atoms with E-state index in [2.05, 4.69) is 0 Å². The number of nitrogens with zero attached hydrogens (tertiary/aromatic N) is 2. The summed E-state index contributed by atoms with van der Waals surface area (Å²) in [6, 6.07) is 21.4. The van der Waals surface area contributed by atoms with Crippen molar-refractivity contribution in [1.82, 2.24) is 0 Å². The fourth-order valence-corrected chi connectivity index (χ4v) is 6.29. The van der Waals surface area contributed by atoms with Crippen LogP contribution in [0.5, 0.6) is 0 Å². The maximum atomic E-state index is 13.6. The molecule has 2 heterocycles. The molecule has 9 heteroatoms. The molecule has 0 spiro atoms. The second kappa shape index (κ2) is 8.57. The highest BCUT2D eigenvalue weighted by Crippen LogP contribution is 2.35. The number of hydrogen-bond acceptors (Lipinski definition) is 6. The van der Waals surface area contributed by atoms with Crippen LogP contribution in [0.1, 0.15) is 52.6 Å². The molecule has 8 nitrogen and oxygen atoms in total. The number of aryl methyl sites for hydroxylation is 2. The summed E-state index contributed by atoms with van der Waals surface area (Å²) < 4.78 is 27.2. The zero-order valence-electron chi connectivity index (χ0n) is 20.8. The van der Waals surface area contributed by atoms with Gasteiger partial charge in [0.15, 0.2) is 0 Å². The van der Waals surface area contributed by atoms with E-state index in [9.17, 15) is 27.6 Å². The van der Waals surface area contributed by atoms with Gasteiger partial charge in [-0.3, -0.25) is 19.2 Å². The predicted octanol–water partition coefficient (Wildman–Crippen LogP) is 4.74. The second-order valence-electron chi connectivity index (χ2n) is 9.38. The van der Waals surface area contributed by atoms with Crippen molar-refractivity contribution in [1.29, 1.82) is 0 Å². The van der Waals surface area contributed by atoms with Crippen molar-refractivity contribution in [3.63, 3.8) is 0 Å². The minimum Gasteiger partial charge on any atom is -0.268 e. The SMILES string of the molecule is Cc1ccccc1N1C(=O)c2ccc(S(=O)(=O)c3ccc4c(c3)C(=O)N(c3ccccc3C)C4=O)cc2C1=O. The molecule has 0 atom stereocenters. The molecule has 4 aromatic carbocycles. The highest BCUT2D eigenvalue weighted by Gasteiger charge is 2.40. The van der Waals surface area contributed by atoms with Crippen LogP contribution in [0.3, 0.4) is 0 Å². The largest absolute Gasteiger partial charge is 0.268 e. The monoisotopic (exact) mass is 536 g/mol. The van der Waals surface area contributed by atoms with Crippen LogP contribution in [0.25, 0.3) is 0 Å². The van der Waals surface area contributed by atoms with Gasteiger partial charge in [0.25, 0.3) is 23.6 Å². The zero-order valence-corrected chi connectivity index (χ0v) is 21.7. The van der Waals surface area contributed by atoms with Crippen LogP contribution in [0.2, 0.25) is 0 Å². The van der Waals surface area contributed by atoms with E-state index >= 15 is 0 Å². The van der Waals surface area contributed by atoms with Gasteiger partial charge in [-0.05, 0) is 73.5 Å². The molecule has 0 aliphatic carbocycles. The minimum absolute atomic E-state index is 0.0255. The van der Waals surface area contributed by atoms with Crippen LogP contribution in [0.15, 0.2) is 94.7 Å². The third kappa shape index (κ3) is 3.54. The van der Waals surface area contributed by atoms with Crippen molar-refractivity contribution in [2.75, 3.05) is 9.80 Å². The fourth-order valence-electron chi connectivity index (χ4n) is 4.98. The summed E-state index contributed by atoms with van der Waals surface area (Å²) in [5.41, 5.74) is 2.44. The first kappa shape index (κ1) is 24.4. The summed E-state index contributed by atoms with van der Waals surface area (Å²) in [5, 5.41) is 0. The van der Waals surface area contributed by atoms with E-state index in [0.717, 1.165) is 20.9 Å². The van der Waals surface area contributed by atoms with Crippen LogP contribution < -0.4 is 9.80 Å². The third-order valence-electron chi connectivity index (χ3n) is 7.05. The number of fused-ring (bicyclic) bond motifs is 2. The highest BCUT2D eigenvalue weighted by atomic mass is 32.2. The summed E-state index contributed by atoms with van der Waals surface area (Å²) in [4.78, 5) is 54.2. The highest BCUT2D eigenvalue weighted by molar-refractivity contribution is 7.91. The van der Waals surface area contributed by atoms with E-state index in [1.54, 1.807) is 62.4 Å². The first-order valence-corrected chi connectivity index (χ1v) is 13.5. The molecule has 0 unspecified atom stereocenters. The first-order valence-electron chi connectivity index (χ1n) is 12.0.